The van der Waals surface area contributed by atoms with Crippen molar-refractivity contribution in [1.29, 1.82) is 0 Å². The van der Waals surface area contributed by atoms with E-state index in [9.17, 15) is 4.79 Å². The van der Waals surface area contributed by atoms with Gasteiger partial charge in [-0.05, 0) is 68.6 Å². The third kappa shape index (κ3) is 2.37. The summed E-state index contributed by atoms with van der Waals surface area (Å²) in [7, 11) is 0. The SMILES string of the molecule is O=C(Oc1cccc(Cl)c1)C12CC3CC(CC(Cl)(C3)C1)C2. The Morgan fingerprint density at radius 3 is 2.52 bits per heavy atom. The zero-order valence-corrected chi connectivity index (χ0v) is 13.3. The summed E-state index contributed by atoms with van der Waals surface area (Å²) < 4.78 is 5.64. The highest BCUT2D eigenvalue weighted by molar-refractivity contribution is 6.30. The predicted molar refractivity (Wildman–Crippen MR) is 82.8 cm³/mol. The lowest BCUT2D eigenvalue weighted by atomic mass is 9.49. The van der Waals surface area contributed by atoms with E-state index in [2.05, 4.69) is 0 Å². The minimum Gasteiger partial charge on any atom is -0.426 e. The van der Waals surface area contributed by atoms with Gasteiger partial charge in [-0.3, -0.25) is 4.79 Å². The van der Waals surface area contributed by atoms with Crippen LogP contribution < -0.4 is 4.74 Å². The van der Waals surface area contributed by atoms with Crippen LogP contribution in [-0.4, -0.2) is 10.8 Å². The molecule has 4 saturated carbocycles. The van der Waals surface area contributed by atoms with E-state index in [1.807, 2.05) is 0 Å². The molecule has 0 aromatic heterocycles. The molecule has 0 amide bonds. The van der Waals surface area contributed by atoms with Crippen LogP contribution in [0.2, 0.25) is 5.02 Å². The molecule has 4 aliphatic rings. The van der Waals surface area contributed by atoms with Gasteiger partial charge in [-0.2, -0.15) is 0 Å². The summed E-state index contributed by atoms with van der Waals surface area (Å²) in [5.41, 5.74) is -0.367. The van der Waals surface area contributed by atoms with Crippen LogP contribution in [0.25, 0.3) is 0 Å². The number of carbonyl (C=O) groups is 1. The predicted octanol–water partition coefficient (Wildman–Crippen LogP) is 4.82. The zero-order chi connectivity index (χ0) is 14.7. The lowest BCUT2D eigenvalue weighted by Crippen LogP contribution is -2.56. The van der Waals surface area contributed by atoms with Gasteiger partial charge in [-0.15, -0.1) is 11.6 Å². The molecule has 5 rings (SSSR count). The Morgan fingerprint density at radius 2 is 1.90 bits per heavy atom. The second kappa shape index (κ2) is 4.63. The van der Waals surface area contributed by atoms with Gasteiger partial charge >= 0.3 is 5.97 Å². The molecule has 1 aromatic rings. The molecule has 2 nitrogen and oxygen atoms in total. The summed E-state index contributed by atoms with van der Waals surface area (Å²) in [6, 6.07) is 7.04. The molecule has 21 heavy (non-hydrogen) atoms. The summed E-state index contributed by atoms with van der Waals surface area (Å²) in [4.78, 5) is 12.6. The van der Waals surface area contributed by atoms with Crippen LogP contribution in [0.1, 0.15) is 38.5 Å². The number of carbonyl (C=O) groups excluding carboxylic acids is 1. The van der Waals surface area contributed by atoms with Crippen LogP contribution in [-0.2, 0) is 4.79 Å². The van der Waals surface area contributed by atoms with Crippen LogP contribution in [0, 0.1) is 17.3 Å². The van der Waals surface area contributed by atoms with Crippen molar-refractivity contribution < 1.29 is 9.53 Å². The average molecular weight is 325 g/mol. The van der Waals surface area contributed by atoms with Crippen molar-refractivity contribution in [3.63, 3.8) is 0 Å². The summed E-state index contributed by atoms with van der Waals surface area (Å²) in [6.45, 7) is 0. The van der Waals surface area contributed by atoms with Gasteiger partial charge in [0.05, 0.1) is 5.41 Å². The van der Waals surface area contributed by atoms with Gasteiger partial charge in [-0.1, -0.05) is 17.7 Å². The van der Waals surface area contributed by atoms with Crippen molar-refractivity contribution in [3.8, 4) is 5.75 Å². The Bertz CT molecular complexity index is 584. The molecule has 4 heteroatoms. The second-order valence-corrected chi connectivity index (χ2v) is 8.48. The number of esters is 1. The first-order chi connectivity index (χ1) is 9.96. The van der Waals surface area contributed by atoms with Crippen molar-refractivity contribution in [2.45, 2.75) is 43.4 Å². The zero-order valence-electron chi connectivity index (χ0n) is 11.8. The number of hydrogen-bond acceptors (Lipinski definition) is 2. The highest BCUT2D eigenvalue weighted by Gasteiger charge is 2.60. The first-order valence-corrected chi connectivity index (χ1v) is 8.39. The minimum absolute atomic E-state index is 0.108. The molecule has 0 N–H and O–H groups in total. The van der Waals surface area contributed by atoms with Gasteiger partial charge in [-0.25, -0.2) is 0 Å². The van der Waals surface area contributed by atoms with Crippen molar-refractivity contribution in [1.82, 2.24) is 0 Å². The Balaban J connectivity index is 1.59. The Kier molecular flexibility index (Phi) is 3.07. The van der Waals surface area contributed by atoms with Crippen molar-refractivity contribution in [2.75, 3.05) is 0 Å². The van der Waals surface area contributed by atoms with E-state index < -0.39 is 0 Å². The van der Waals surface area contributed by atoms with E-state index in [1.54, 1.807) is 24.3 Å². The lowest BCUT2D eigenvalue weighted by Gasteiger charge is -2.58. The summed E-state index contributed by atoms with van der Waals surface area (Å²) in [5.74, 6) is 1.61. The van der Waals surface area contributed by atoms with Crippen LogP contribution >= 0.6 is 23.2 Å². The molecule has 0 saturated heterocycles. The first kappa shape index (κ1) is 13.9. The summed E-state index contributed by atoms with van der Waals surface area (Å²) >= 11 is 12.7. The van der Waals surface area contributed by atoms with Crippen LogP contribution in [0.5, 0.6) is 5.75 Å². The molecule has 0 heterocycles. The van der Waals surface area contributed by atoms with E-state index in [1.165, 1.54) is 6.42 Å². The molecule has 1 aromatic carbocycles. The molecule has 4 bridgehead atoms. The topological polar surface area (TPSA) is 26.3 Å². The molecule has 4 aliphatic carbocycles. The van der Waals surface area contributed by atoms with E-state index in [0.29, 0.717) is 22.6 Å². The fourth-order valence-corrected chi connectivity index (χ4v) is 6.01. The van der Waals surface area contributed by atoms with Gasteiger partial charge in [0, 0.05) is 9.90 Å². The minimum atomic E-state index is -0.367. The standard InChI is InChI=1S/C17H18Cl2O2/c18-13-2-1-3-14(5-13)21-15(20)16-6-11-4-12(7-16)9-17(19,8-11)10-16/h1-3,5,11-12H,4,6-10H2. The maximum Gasteiger partial charge on any atom is 0.317 e. The monoisotopic (exact) mass is 324 g/mol. The third-order valence-corrected chi connectivity index (χ3v) is 6.11. The number of benzene rings is 1. The highest BCUT2D eigenvalue weighted by Crippen LogP contribution is 2.64. The van der Waals surface area contributed by atoms with Crippen molar-refractivity contribution in [3.05, 3.63) is 29.3 Å². The van der Waals surface area contributed by atoms with Gasteiger partial charge in [0.2, 0.25) is 0 Å². The number of rotatable bonds is 2. The molecule has 0 spiro atoms. The number of hydrogen-bond donors (Lipinski definition) is 0. The number of halogens is 2. The fraction of sp³-hybridized carbons (Fsp3) is 0.588. The average Bonchev–Trinajstić information content (AvgIpc) is 2.35. The highest BCUT2D eigenvalue weighted by atomic mass is 35.5. The smallest absolute Gasteiger partial charge is 0.317 e. The van der Waals surface area contributed by atoms with Crippen molar-refractivity contribution >= 4 is 29.2 Å². The van der Waals surface area contributed by atoms with E-state index in [0.717, 1.165) is 32.1 Å². The summed E-state index contributed by atoms with van der Waals surface area (Å²) in [6.07, 6.45) is 6.03. The number of ether oxygens (including phenoxy) is 1. The third-order valence-electron chi connectivity index (χ3n) is 5.43. The Hall–Kier alpha value is -0.730. The molecule has 4 fully saturated rings. The molecule has 0 radical (unpaired) electrons. The van der Waals surface area contributed by atoms with Crippen LogP contribution in [0.3, 0.4) is 0 Å². The van der Waals surface area contributed by atoms with Crippen LogP contribution in [0.4, 0.5) is 0 Å². The van der Waals surface area contributed by atoms with E-state index in [-0.39, 0.29) is 16.3 Å². The quantitative estimate of drug-likeness (QED) is 0.442. The normalized spacial score (nSPS) is 40.3. The van der Waals surface area contributed by atoms with Crippen molar-refractivity contribution in [2.24, 2.45) is 17.3 Å². The first-order valence-electron chi connectivity index (χ1n) is 7.63. The van der Waals surface area contributed by atoms with E-state index >= 15 is 0 Å². The van der Waals surface area contributed by atoms with Gasteiger partial charge in [0.25, 0.3) is 0 Å². The molecule has 2 atom stereocenters. The maximum atomic E-state index is 12.8. The Labute approximate surface area is 134 Å². The largest absolute Gasteiger partial charge is 0.426 e. The maximum absolute atomic E-state index is 12.8. The molecule has 2 unspecified atom stereocenters. The molecule has 112 valence electrons. The van der Waals surface area contributed by atoms with Gasteiger partial charge < -0.3 is 4.74 Å². The van der Waals surface area contributed by atoms with Crippen LogP contribution in [0.15, 0.2) is 24.3 Å². The molecule has 0 aliphatic heterocycles. The Morgan fingerprint density at radius 1 is 1.19 bits per heavy atom. The van der Waals surface area contributed by atoms with E-state index in [4.69, 9.17) is 27.9 Å². The lowest BCUT2D eigenvalue weighted by molar-refractivity contribution is -0.159. The summed E-state index contributed by atoms with van der Waals surface area (Å²) in [5, 5.41) is 0.583. The van der Waals surface area contributed by atoms with Gasteiger partial charge in [0.15, 0.2) is 0 Å². The molecular weight excluding hydrogens is 307 g/mol. The number of alkyl halides is 1. The molecular formula is C17H18Cl2O2. The second-order valence-electron chi connectivity index (χ2n) is 7.24. The van der Waals surface area contributed by atoms with Gasteiger partial charge in [0.1, 0.15) is 5.75 Å². The fourth-order valence-electron chi connectivity index (χ4n) is 5.14.